The van der Waals surface area contributed by atoms with Gasteiger partial charge >= 0.3 is 0 Å². The van der Waals surface area contributed by atoms with Crippen molar-refractivity contribution in [2.24, 2.45) is 5.84 Å². The molecule has 1 heterocycles. The highest BCUT2D eigenvalue weighted by atomic mass is 15.2. The van der Waals surface area contributed by atoms with Gasteiger partial charge in [0.15, 0.2) is 0 Å². The normalized spacial score (nSPS) is 32.5. The summed E-state index contributed by atoms with van der Waals surface area (Å²) in [4.78, 5) is 0. The van der Waals surface area contributed by atoms with E-state index in [1.54, 1.807) is 0 Å². The molecule has 1 fully saturated rings. The topological polar surface area (TPSA) is 50.1 Å². The van der Waals surface area contributed by atoms with E-state index in [0.717, 1.165) is 6.54 Å². The number of nitrogens with two attached hydrogens (primary N) is 1. The van der Waals surface area contributed by atoms with Crippen molar-refractivity contribution in [1.29, 1.82) is 0 Å². The van der Waals surface area contributed by atoms with Crippen LogP contribution in [0, 0.1) is 0 Å². The van der Waals surface area contributed by atoms with Crippen LogP contribution >= 0.6 is 0 Å². The highest BCUT2D eigenvalue weighted by molar-refractivity contribution is 4.94. The molecule has 2 unspecified atom stereocenters. The summed E-state index contributed by atoms with van der Waals surface area (Å²) in [6.07, 6.45) is 4.34. The van der Waals surface area contributed by atoms with Crippen LogP contribution in [0.3, 0.4) is 0 Å². The molecular weight excluding hydrogens is 126 g/mol. The van der Waals surface area contributed by atoms with E-state index < -0.39 is 0 Å². The first kappa shape index (κ1) is 7.72. The Balaban J connectivity index is 2.21. The molecule has 0 aliphatic carbocycles. The number of rotatable bonds is 3. The number of hydrazine groups is 1. The molecule has 1 saturated heterocycles. The van der Waals surface area contributed by atoms with E-state index >= 15 is 0 Å². The van der Waals surface area contributed by atoms with E-state index in [4.69, 9.17) is 5.84 Å². The fourth-order valence-electron chi connectivity index (χ4n) is 1.34. The lowest BCUT2D eigenvalue weighted by Gasteiger charge is -2.09. The highest BCUT2D eigenvalue weighted by Crippen LogP contribution is 2.11. The summed E-state index contributed by atoms with van der Waals surface area (Å²) < 4.78 is 0. The maximum atomic E-state index is 5.18. The Morgan fingerprint density at radius 1 is 1.70 bits per heavy atom. The summed E-state index contributed by atoms with van der Waals surface area (Å²) in [5, 5.41) is 3.38. The summed E-state index contributed by atoms with van der Waals surface area (Å²) in [6, 6.07) is 1.03. The first-order valence-electron chi connectivity index (χ1n) is 3.69. The molecular formula is C7H15N3. The van der Waals surface area contributed by atoms with Crippen LogP contribution in [0.1, 0.15) is 12.8 Å². The minimum Gasteiger partial charge on any atom is -0.306 e. The predicted octanol–water partition coefficient (Wildman–Crippen LogP) is -0.244. The van der Waals surface area contributed by atoms with Gasteiger partial charge in [0.25, 0.3) is 0 Å². The van der Waals surface area contributed by atoms with E-state index in [1.807, 2.05) is 6.08 Å². The van der Waals surface area contributed by atoms with Crippen LogP contribution in [0.5, 0.6) is 0 Å². The predicted molar refractivity (Wildman–Crippen MR) is 42.3 cm³/mol. The first-order valence-corrected chi connectivity index (χ1v) is 3.69. The quantitative estimate of drug-likeness (QED) is 0.289. The van der Waals surface area contributed by atoms with Gasteiger partial charge in [-0.15, -0.1) is 6.58 Å². The molecule has 4 N–H and O–H groups in total. The molecule has 58 valence electrons. The maximum Gasteiger partial charge on any atom is 0.0252 e. The lowest BCUT2D eigenvalue weighted by molar-refractivity contribution is 0.533. The van der Waals surface area contributed by atoms with Crippen molar-refractivity contribution in [3.63, 3.8) is 0 Å². The molecule has 2 atom stereocenters. The van der Waals surface area contributed by atoms with Gasteiger partial charge in [-0.2, -0.15) is 0 Å². The molecule has 3 nitrogen and oxygen atoms in total. The van der Waals surface area contributed by atoms with E-state index in [2.05, 4.69) is 17.3 Å². The van der Waals surface area contributed by atoms with Crippen LogP contribution in [0.2, 0.25) is 0 Å². The van der Waals surface area contributed by atoms with Gasteiger partial charge < -0.3 is 5.32 Å². The van der Waals surface area contributed by atoms with Gasteiger partial charge in [-0.25, -0.2) is 0 Å². The van der Waals surface area contributed by atoms with E-state index in [0.29, 0.717) is 12.1 Å². The Bertz CT molecular complexity index is 113. The second-order valence-corrected chi connectivity index (χ2v) is 2.69. The summed E-state index contributed by atoms with van der Waals surface area (Å²) in [6.45, 7) is 4.57. The Labute approximate surface area is 61.6 Å². The van der Waals surface area contributed by atoms with Crippen LogP contribution < -0.4 is 16.6 Å². The Morgan fingerprint density at radius 3 is 3.00 bits per heavy atom. The minimum absolute atomic E-state index is 0.498. The third-order valence-corrected chi connectivity index (χ3v) is 1.92. The van der Waals surface area contributed by atoms with Gasteiger partial charge in [-0.1, -0.05) is 6.08 Å². The van der Waals surface area contributed by atoms with Crippen molar-refractivity contribution < 1.29 is 0 Å². The maximum absolute atomic E-state index is 5.18. The molecule has 0 spiro atoms. The number of nitrogens with one attached hydrogen (secondary N) is 2. The number of hydrogen-bond donors (Lipinski definition) is 3. The van der Waals surface area contributed by atoms with Crippen molar-refractivity contribution in [3.8, 4) is 0 Å². The smallest absolute Gasteiger partial charge is 0.0252 e. The zero-order chi connectivity index (χ0) is 7.40. The monoisotopic (exact) mass is 141 g/mol. The van der Waals surface area contributed by atoms with Crippen LogP contribution in [0.25, 0.3) is 0 Å². The summed E-state index contributed by atoms with van der Waals surface area (Å²) >= 11 is 0. The average molecular weight is 141 g/mol. The highest BCUT2D eigenvalue weighted by Gasteiger charge is 2.19. The summed E-state index contributed by atoms with van der Waals surface area (Å²) in [5.74, 6) is 5.18. The molecule has 0 aromatic rings. The van der Waals surface area contributed by atoms with Gasteiger partial charge in [0.05, 0.1) is 0 Å². The van der Waals surface area contributed by atoms with Crippen molar-refractivity contribution in [1.82, 2.24) is 10.7 Å². The molecule has 1 aliphatic rings. The molecule has 0 aromatic carbocycles. The fourth-order valence-corrected chi connectivity index (χ4v) is 1.34. The molecule has 0 saturated carbocycles. The summed E-state index contributed by atoms with van der Waals surface area (Å²) in [5.41, 5.74) is 2.66. The molecule has 0 bridgehead atoms. The average Bonchev–Trinajstić information content (AvgIpc) is 2.37. The van der Waals surface area contributed by atoms with Gasteiger partial charge in [-0.05, 0) is 12.8 Å². The molecule has 1 rings (SSSR count). The standard InChI is InChI=1S/C7H15N3/c1-2-6-3-4-7(10-6)5-9-8/h2,6-7,9-10H,1,3-5,8H2. The van der Waals surface area contributed by atoms with E-state index in [9.17, 15) is 0 Å². The van der Waals surface area contributed by atoms with Crippen molar-refractivity contribution in [3.05, 3.63) is 12.7 Å². The van der Waals surface area contributed by atoms with Crippen molar-refractivity contribution in [2.45, 2.75) is 24.9 Å². The fraction of sp³-hybridized carbons (Fsp3) is 0.714. The third-order valence-electron chi connectivity index (χ3n) is 1.92. The molecule has 0 radical (unpaired) electrons. The van der Waals surface area contributed by atoms with Crippen molar-refractivity contribution >= 4 is 0 Å². The van der Waals surface area contributed by atoms with Crippen LogP contribution in [0.15, 0.2) is 12.7 Å². The molecule has 3 heteroatoms. The van der Waals surface area contributed by atoms with Crippen LogP contribution in [-0.4, -0.2) is 18.6 Å². The lowest BCUT2D eigenvalue weighted by Crippen LogP contribution is -2.39. The minimum atomic E-state index is 0.498. The zero-order valence-corrected chi connectivity index (χ0v) is 6.14. The van der Waals surface area contributed by atoms with Crippen LogP contribution in [-0.2, 0) is 0 Å². The first-order chi connectivity index (χ1) is 4.86. The van der Waals surface area contributed by atoms with E-state index in [1.165, 1.54) is 12.8 Å². The second-order valence-electron chi connectivity index (χ2n) is 2.69. The Morgan fingerprint density at radius 2 is 2.50 bits per heavy atom. The van der Waals surface area contributed by atoms with Gasteiger partial charge in [-0.3, -0.25) is 11.3 Å². The van der Waals surface area contributed by atoms with Gasteiger partial charge in [0.1, 0.15) is 0 Å². The molecule has 1 aliphatic heterocycles. The molecule has 0 amide bonds. The summed E-state index contributed by atoms with van der Waals surface area (Å²) in [7, 11) is 0. The van der Waals surface area contributed by atoms with Crippen molar-refractivity contribution in [2.75, 3.05) is 6.54 Å². The van der Waals surface area contributed by atoms with Crippen LogP contribution in [0.4, 0.5) is 0 Å². The largest absolute Gasteiger partial charge is 0.306 e. The molecule has 0 aromatic heterocycles. The Hall–Kier alpha value is -0.380. The SMILES string of the molecule is C=CC1CCC(CNN)N1. The van der Waals surface area contributed by atoms with Gasteiger partial charge in [0, 0.05) is 18.6 Å². The Kier molecular flexibility index (Phi) is 2.86. The number of hydrogen-bond acceptors (Lipinski definition) is 3. The molecule has 10 heavy (non-hydrogen) atoms. The zero-order valence-electron chi connectivity index (χ0n) is 6.14. The second kappa shape index (κ2) is 3.71. The third kappa shape index (κ3) is 1.80. The van der Waals surface area contributed by atoms with Gasteiger partial charge in [0.2, 0.25) is 0 Å². The lowest BCUT2D eigenvalue weighted by atomic mass is 10.2. The van der Waals surface area contributed by atoms with E-state index in [-0.39, 0.29) is 0 Å².